The second-order valence-corrected chi connectivity index (χ2v) is 7.08. The molecule has 0 N–H and O–H groups in total. The lowest BCUT2D eigenvalue weighted by atomic mass is 10.2. The molecule has 1 aromatic rings. The lowest BCUT2D eigenvalue weighted by Gasteiger charge is -2.34. The van der Waals surface area contributed by atoms with E-state index in [-0.39, 0.29) is 23.7 Å². The molecular weight excluding hydrogens is 302 g/mol. The van der Waals surface area contributed by atoms with Crippen molar-refractivity contribution in [1.29, 1.82) is 0 Å². The minimum absolute atomic E-state index is 0.0848. The fraction of sp³-hybridized carbons (Fsp3) is 0.579. The summed E-state index contributed by atoms with van der Waals surface area (Å²) in [6.45, 7) is 7.46. The van der Waals surface area contributed by atoms with Crippen LogP contribution in [0, 0.1) is 11.8 Å². The topological polar surface area (TPSA) is 43.9 Å². The Labute approximate surface area is 143 Å². The van der Waals surface area contributed by atoms with Crippen LogP contribution in [0.5, 0.6) is 0 Å². The van der Waals surface area contributed by atoms with Gasteiger partial charge in [-0.15, -0.1) is 0 Å². The molecule has 24 heavy (non-hydrogen) atoms. The van der Waals surface area contributed by atoms with Gasteiger partial charge in [-0.1, -0.05) is 25.1 Å². The Hall–Kier alpha value is -1.88. The molecule has 2 fully saturated rings. The van der Waals surface area contributed by atoms with Gasteiger partial charge in [-0.25, -0.2) is 0 Å². The van der Waals surface area contributed by atoms with Gasteiger partial charge in [0, 0.05) is 38.4 Å². The minimum Gasteiger partial charge on any atom is -0.340 e. The van der Waals surface area contributed by atoms with E-state index < -0.39 is 0 Å². The van der Waals surface area contributed by atoms with Crippen LogP contribution >= 0.6 is 0 Å². The van der Waals surface area contributed by atoms with Crippen molar-refractivity contribution in [2.24, 2.45) is 11.8 Å². The zero-order valence-electron chi connectivity index (χ0n) is 14.3. The third kappa shape index (κ3) is 2.71. The number of hydrogen-bond acceptors (Lipinski definition) is 3. The number of carbonyl (C=O) groups excluding carboxylic acids is 2. The highest BCUT2D eigenvalue weighted by Crippen LogP contribution is 2.43. The Morgan fingerprint density at radius 1 is 1.00 bits per heavy atom. The van der Waals surface area contributed by atoms with Crippen molar-refractivity contribution in [2.45, 2.75) is 19.8 Å². The Kier molecular flexibility index (Phi) is 4.04. The monoisotopic (exact) mass is 327 g/mol. The maximum atomic E-state index is 12.8. The summed E-state index contributed by atoms with van der Waals surface area (Å²) in [6.07, 6.45) is 1.65. The number of fused-ring (bicyclic) bond motifs is 1. The van der Waals surface area contributed by atoms with Gasteiger partial charge in [-0.3, -0.25) is 9.59 Å². The first-order valence-corrected chi connectivity index (χ1v) is 9.09. The van der Waals surface area contributed by atoms with Gasteiger partial charge in [-0.05, 0) is 31.0 Å². The van der Waals surface area contributed by atoms with Crippen LogP contribution in [0.4, 0.5) is 5.69 Å². The maximum absolute atomic E-state index is 12.8. The molecule has 2 aliphatic heterocycles. The second kappa shape index (κ2) is 6.20. The number of nitrogens with zero attached hydrogens (tertiary/aromatic N) is 3. The van der Waals surface area contributed by atoms with Gasteiger partial charge in [0.1, 0.15) is 0 Å². The number of benzene rings is 1. The van der Waals surface area contributed by atoms with E-state index in [1.807, 2.05) is 28.0 Å². The van der Waals surface area contributed by atoms with Gasteiger partial charge in [-0.2, -0.15) is 0 Å². The Balaban J connectivity index is 1.37. The molecule has 0 spiro atoms. The van der Waals surface area contributed by atoms with E-state index in [9.17, 15) is 9.59 Å². The van der Waals surface area contributed by atoms with E-state index in [2.05, 4.69) is 17.9 Å². The number of likely N-dealkylation sites (N-methyl/N-ethyl adjacent to an activating group) is 1. The smallest absolute Gasteiger partial charge is 0.230 e. The molecule has 1 saturated carbocycles. The van der Waals surface area contributed by atoms with Crippen molar-refractivity contribution in [3.05, 3.63) is 29.8 Å². The van der Waals surface area contributed by atoms with Crippen molar-refractivity contribution in [3.8, 4) is 0 Å². The highest BCUT2D eigenvalue weighted by Gasteiger charge is 2.51. The number of carbonyl (C=O) groups is 2. The lowest BCUT2D eigenvalue weighted by molar-refractivity contribution is -0.136. The summed E-state index contributed by atoms with van der Waals surface area (Å²) < 4.78 is 0. The normalized spacial score (nSPS) is 26.4. The predicted molar refractivity (Wildman–Crippen MR) is 92.8 cm³/mol. The molecule has 128 valence electrons. The second-order valence-electron chi connectivity index (χ2n) is 7.08. The summed E-state index contributed by atoms with van der Waals surface area (Å²) in [6, 6.07) is 8.11. The molecule has 0 aromatic heterocycles. The van der Waals surface area contributed by atoms with Crippen molar-refractivity contribution < 1.29 is 9.59 Å². The molecule has 1 saturated heterocycles. The SMILES string of the molecule is CCN1CCN(C(=O)C2CC2C(=O)N2CCc3ccccc32)CC1. The molecule has 1 aromatic carbocycles. The number of anilines is 1. The molecule has 2 amide bonds. The average Bonchev–Trinajstić information content (AvgIpc) is 3.32. The minimum atomic E-state index is -0.104. The molecule has 2 unspecified atom stereocenters. The van der Waals surface area contributed by atoms with Crippen LogP contribution in [0.1, 0.15) is 18.9 Å². The maximum Gasteiger partial charge on any atom is 0.230 e. The molecule has 2 atom stereocenters. The van der Waals surface area contributed by atoms with E-state index in [4.69, 9.17) is 0 Å². The third-order valence-corrected chi connectivity index (χ3v) is 5.71. The van der Waals surface area contributed by atoms with Crippen LogP contribution in [0.2, 0.25) is 0 Å². The molecular formula is C19H25N3O2. The van der Waals surface area contributed by atoms with Gasteiger partial charge in [0.05, 0.1) is 11.8 Å². The molecule has 1 aliphatic carbocycles. The van der Waals surface area contributed by atoms with Gasteiger partial charge < -0.3 is 14.7 Å². The molecule has 0 radical (unpaired) electrons. The van der Waals surface area contributed by atoms with Crippen molar-refractivity contribution in [3.63, 3.8) is 0 Å². The summed E-state index contributed by atoms with van der Waals surface area (Å²) >= 11 is 0. The number of amides is 2. The zero-order valence-corrected chi connectivity index (χ0v) is 14.3. The first-order valence-electron chi connectivity index (χ1n) is 9.09. The number of rotatable bonds is 3. The van der Waals surface area contributed by atoms with E-state index in [1.165, 1.54) is 5.56 Å². The van der Waals surface area contributed by atoms with Gasteiger partial charge >= 0.3 is 0 Å². The lowest BCUT2D eigenvalue weighted by Crippen LogP contribution is -2.49. The first-order chi connectivity index (χ1) is 11.7. The Bertz CT molecular complexity index is 652. The van der Waals surface area contributed by atoms with Crippen LogP contribution in [-0.2, 0) is 16.0 Å². The van der Waals surface area contributed by atoms with E-state index >= 15 is 0 Å². The fourth-order valence-electron chi connectivity index (χ4n) is 4.03. The summed E-state index contributed by atoms with van der Waals surface area (Å²) in [5.41, 5.74) is 2.28. The van der Waals surface area contributed by atoms with E-state index in [0.29, 0.717) is 0 Å². The quantitative estimate of drug-likeness (QED) is 0.842. The highest BCUT2D eigenvalue weighted by atomic mass is 16.2. The van der Waals surface area contributed by atoms with Crippen LogP contribution in [-0.4, -0.2) is 60.9 Å². The van der Waals surface area contributed by atoms with E-state index in [0.717, 1.165) is 57.8 Å². The van der Waals surface area contributed by atoms with E-state index in [1.54, 1.807) is 0 Å². The van der Waals surface area contributed by atoms with Crippen LogP contribution in [0.15, 0.2) is 24.3 Å². The summed E-state index contributed by atoms with van der Waals surface area (Å²) in [5, 5.41) is 0. The van der Waals surface area contributed by atoms with Gasteiger partial charge in [0.2, 0.25) is 11.8 Å². The molecule has 4 rings (SSSR count). The standard InChI is InChI=1S/C19H25N3O2/c1-2-20-9-11-21(12-10-20)18(23)15-13-16(15)19(24)22-8-7-14-5-3-4-6-17(14)22/h3-6,15-16H,2,7-13H2,1H3. The molecule has 3 aliphatic rings. The summed E-state index contributed by atoms with van der Waals surface area (Å²) in [4.78, 5) is 31.7. The fourth-order valence-corrected chi connectivity index (χ4v) is 4.03. The van der Waals surface area contributed by atoms with Crippen molar-refractivity contribution in [1.82, 2.24) is 9.80 Å². The Morgan fingerprint density at radius 3 is 2.46 bits per heavy atom. The summed E-state index contributed by atoms with van der Waals surface area (Å²) in [7, 11) is 0. The molecule has 0 bridgehead atoms. The molecule has 5 nitrogen and oxygen atoms in total. The predicted octanol–water partition coefficient (Wildman–Crippen LogP) is 1.38. The Morgan fingerprint density at radius 2 is 1.71 bits per heavy atom. The molecule has 5 heteroatoms. The highest BCUT2D eigenvalue weighted by molar-refractivity contribution is 6.02. The first kappa shape index (κ1) is 15.6. The van der Waals surface area contributed by atoms with Crippen molar-refractivity contribution in [2.75, 3.05) is 44.2 Å². The summed E-state index contributed by atoms with van der Waals surface area (Å²) in [5.74, 6) is 0.147. The molecule has 2 heterocycles. The van der Waals surface area contributed by atoms with Crippen LogP contribution < -0.4 is 4.90 Å². The van der Waals surface area contributed by atoms with Crippen LogP contribution in [0.3, 0.4) is 0 Å². The number of hydrogen-bond donors (Lipinski definition) is 0. The third-order valence-electron chi connectivity index (χ3n) is 5.71. The van der Waals surface area contributed by atoms with Crippen LogP contribution in [0.25, 0.3) is 0 Å². The van der Waals surface area contributed by atoms with Crippen molar-refractivity contribution >= 4 is 17.5 Å². The average molecular weight is 327 g/mol. The number of piperazine rings is 1. The van der Waals surface area contributed by atoms with Gasteiger partial charge in [0.25, 0.3) is 0 Å². The largest absolute Gasteiger partial charge is 0.340 e. The number of para-hydroxylation sites is 1. The van der Waals surface area contributed by atoms with Gasteiger partial charge in [0.15, 0.2) is 0 Å². The zero-order chi connectivity index (χ0) is 16.7.